The van der Waals surface area contributed by atoms with Crippen LogP contribution in [0.5, 0.6) is 0 Å². The van der Waals surface area contributed by atoms with Gasteiger partial charge in [0.15, 0.2) is 5.82 Å². The highest BCUT2D eigenvalue weighted by atomic mass is 16.2. The number of carbonyl (C=O) groups excluding carboxylic acids is 1. The normalized spacial score (nSPS) is 22.6. The second-order valence-corrected chi connectivity index (χ2v) is 5.83. The van der Waals surface area contributed by atoms with E-state index in [2.05, 4.69) is 9.97 Å². The number of amides is 1. The van der Waals surface area contributed by atoms with Gasteiger partial charge in [-0.15, -0.1) is 0 Å². The highest BCUT2D eigenvalue weighted by molar-refractivity contribution is 5.80. The van der Waals surface area contributed by atoms with Gasteiger partial charge in [0.25, 0.3) is 0 Å². The minimum Gasteiger partial charge on any atom is -0.394 e. The first kappa shape index (κ1) is 13.9. The van der Waals surface area contributed by atoms with Crippen LogP contribution < -0.4 is 16.4 Å². The van der Waals surface area contributed by atoms with Crippen molar-refractivity contribution in [1.29, 1.82) is 0 Å². The zero-order valence-electron chi connectivity index (χ0n) is 12.2. The van der Waals surface area contributed by atoms with Crippen LogP contribution in [0.15, 0.2) is 6.20 Å². The maximum absolute atomic E-state index is 12.5. The molecule has 2 saturated heterocycles. The molecule has 3 heterocycles. The summed E-state index contributed by atoms with van der Waals surface area (Å²) in [6, 6.07) is 0. The van der Waals surface area contributed by atoms with Crippen molar-refractivity contribution in [2.24, 2.45) is 5.92 Å². The van der Waals surface area contributed by atoms with Gasteiger partial charge >= 0.3 is 0 Å². The zero-order valence-corrected chi connectivity index (χ0v) is 12.2. The van der Waals surface area contributed by atoms with Crippen molar-refractivity contribution < 1.29 is 4.79 Å². The van der Waals surface area contributed by atoms with E-state index in [1.807, 2.05) is 9.80 Å². The highest BCUT2D eigenvalue weighted by Gasteiger charge is 2.31. The molecule has 1 unspecified atom stereocenters. The number of anilines is 3. The van der Waals surface area contributed by atoms with Gasteiger partial charge in [0.2, 0.25) is 11.9 Å². The first-order chi connectivity index (χ1) is 10.1. The van der Waals surface area contributed by atoms with Crippen molar-refractivity contribution in [3.8, 4) is 0 Å². The van der Waals surface area contributed by atoms with Gasteiger partial charge in [0.05, 0.1) is 17.8 Å². The lowest BCUT2D eigenvalue weighted by Gasteiger charge is -2.34. The molecule has 1 aromatic rings. The maximum Gasteiger partial charge on any atom is 0.227 e. The predicted molar refractivity (Wildman–Crippen MR) is 81.6 cm³/mol. The molecule has 21 heavy (non-hydrogen) atoms. The van der Waals surface area contributed by atoms with Crippen molar-refractivity contribution >= 4 is 23.4 Å². The van der Waals surface area contributed by atoms with E-state index < -0.39 is 0 Å². The predicted octanol–water partition coefficient (Wildman–Crippen LogP) is 0.480. The summed E-state index contributed by atoms with van der Waals surface area (Å²) >= 11 is 0. The van der Waals surface area contributed by atoms with E-state index >= 15 is 0 Å². The number of hydrogen-bond donors (Lipinski definition) is 2. The molecule has 4 N–H and O–H groups in total. The van der Waals surface area contributed by atoms with E-state index in [1.54, 1.807) is 0 Å². The van der Waals surface area contributed by atoms with E-state index in [0.717, 1.165) is 45.3 Å². The van der Waals surface area contributed by atoms with Crippen LogP contribution in [-0.2, 0) is 4.79 Å². The summed E-state index contributed by atoms with van der Waals surface area (Å²) in [5, 5.41) is 0. The quantitative estimate of drug-likeness (QED) is 0.821. The lowest BCUT2D eigenvalue weighted by molar-refractivity contribution is -0.134. The molecule has 2 aliphatic heterocycles. The minimum absolute atomic E-state index is 0.0410. The van der Waals surface area contributed by atoms with E-state index in [0.29, 0.717) is 24.0 Å². The smallest absolute Gasteiger partial charge is 0.227 e. The molecule has 7 heteroatoms. The molecule has 1 atom stereocenters. The van der Waals surface area contributed by atoms with Gasteiger partial charge in [-0.3, -0.25) is 4.79 Å². The lowest BCUT2D eigenvalue weighted by atomic mass is 9.97. The molecule has 2 aliphatic rings. The lowest BCUT2D eigenvalue weighted by Crippen LogP contribution is -2.44. The van der Waals surface area contributed by atoms with Crippen molar-refractivity contribution in [1.82, 2.24) is 14.9 Å². The largest absolute Gasteiger partial charge is 0.394 e. The molecular formula is C14H22N6O. The third-order valence-electron chi connectivity index (χ3n) is 4.31. The summed E-state index contributed by atoms with van der Waals surface area (Å²) in [5.74, 6) is 1.19. The fraction of sp³-hybridized carbons (Fsp3) is 0.643. The van der Waals surface area contributed by atoms with Crippen molar-refractivity contribution in [2.75, 3.05) is 42.5 Å². The zero-order chi connectivity index (χ0) is 14.8. The van der Waals surface area contributed by atoms with Gasteiger partial charge in [0.1, 0.15) is 0 Å². The third-order valence-corrected chi connectivity index (χ3v) is 4.31. The average molecular weight is 290 g/mol. The second-order valence-electron chi connectivity index (χ2n) is 5.83. The Kier molecular flexibility index (Phi) is 3.81. The first-order valence-corrected chi connectivity index (χ1v) is 7.57. The number of rotatable bonds is 2. The molecular weight excluding hydrogens is 268 g/mol. The van der Waals surface area contributed by atoms with Crippen molar-refractivity contribution in [2.45, 2.75) is 25.7 Å². The minimum atomic E-state index is 0.0410. The molecule has 1 amide bonds. The number of nitrogens with two attached hydrogens (primary N) is 2. The molecule has 1 aromatic heterocycles. The molecule has 0 radical (unpaired) electrons. The van der Waals surface area contributed by atoms with Crippen LogP contribution in [0.2, 0.25) is 0 Å². The summed E-state index contributed by atoms with van der Waals surface area (Å²) in [4.78, 5) is 25.0. The maximum atomic E-state index is 12.5. The molecule has 2 fully saturated rings. The number of carbonyl (C=O) groups is 1. The first-order valence-electron chi connectivity index (χ1n) is 7.57. The van der Waals surface area contributed by atoms with Gasteiger partial charge in [-0.2, -0.15) is 4.98 Å². The topological polar surface area (TPSA) is 101 Å². The number of likely N-dealkylation sites (tertiary alicyclic amines) is 1. The Balaban J connectivity index is 1.70. The number of nitrogen functional groups attached to an aromatic ring is 2. The standard InChI is InChI=1S/C14H22N6O/c15-11-8-17-14(18-12(11)16)20-7-3-4-10(9-20)13(21)19-5-1-2-6-19/h8,10H,1-7,9,15H2,(H2,16,17,18). The van der Waals surface area contributed by atoms with Crippen LogP contribution >= 0.6 is 0 Å². The summed E-state index contributed by atoms with van der Waals surface area (Å²) < 4.78 is 0. The Morgan fingerprint density at radius 1 is 1.19 bits per heavy atom. The van der Waals surface area contributed by atoms with E-state index in [1.165, 1.54) is 6.20 Å². The Morgan fingerprint density at radius 2 is 1.95 bits per heavy atom. The number of hydrogen-bond acceptors (Lipinski definition) is 6. The molecule has 0 saturated carbocycles. The number of nitrogens with zero attached hydrogens (tertiary/aromatic N) is 4. The Hall–Kier alpha value is -2.05. The highest BCUT2D eigenvalue weighted by Crippen LogP contribution is 2.24. The van der Waals surface area contributed by atoms with Crippen LogP contribution in [0.1, 0.15) is 25.7 Å². The Labute approximate surface area is 124 Å². The Bertz CT molecular complexity index is 528. The molecule has 7 nitrogen and oxygen atoms in total. The molecule has 0 aliphatic carbocycles. The third kappa shape index (κ3) is 2.86. The SMILES string of the molecule is Nc1cnc(N2CCCC(C(=O)N3CCCC3)C2)nc1N. The Morgan fingerprint density at radius 3 is 2.67 bits per heavy atom. The van der Waals surface area contributed by atoms with E-state index in [9.17, 15) is 4.79 Å². The van der Waals surface area contributed by atoms with E-state index in [-0.39, 0.29) is 11.8 Å². The van der Waals surface area contributed by atoms with Crippen LogP contribution in [-0.4, -0.2) is 47.0 Å². The van der Waals surface area contributed by atoms with Crippen LogP contribution in [0.3, 0.4) is 0 Å². The van der Waals surface area contributed by atoms with Crippen LogP contribution in [0.25, 0.3) is 0 Å². The summed E-state index contributed by atoms with van der Waals surface area (Å²) in [6.45, 7) is 3.33. The van der Waals surface area contributed by atoms with Gasteiger partial charge in [0, 0.05) is 26.2 Å². The average Bonchev–Trinajstić information content (AvgIpc) is 3.04. The van der Waals surface area contributed by atoms with Crippen LogP contribution in [0, 0.1) is 5.92 Å². The molecule has 3 rings (SSSR count). The van der Waals surface area contributed by atoms with Gasteiger partial charge < -0.3 is 21.3 Å². The number of aromatic nitrogens is 2. The fourth-order valence-electron chi connectivity index (χ4n) is 3.10. The molecule has 0 spiro atoms. The molecule has 0 aromatic carbocycles. The summed E-state index contributed by atoms with van der Waals surface area (Å²) in [5.41, 5.74) is 11.8. The second kappa shape index (κ2) is 5.75. The summed E-state index contributed by atoms with van der Waals surface area (Å²) in [6.07, 6.45) is 5.69. The van der Waals surface area contributed by atoms with Crippen LogP contribution in [0.4, 0.5) is 17.5 Å². The van der Waals surface area contributed by atoms with Gasteiger partial charge in [-0.05, 0) is 25.7 Å². The molecule has 114 valence electrons. The van der Waals surface area contributed by atoms with E-state index in [4.69, 9.17) is 11.5 Å². The number of piperidine rings is 1. The van der Waals surface area contributed by atoms with Gasteiger partial charge in [-0.1, -0.05) is 0 Å². The monoisotopic (exact) mass is 290 g/mol. The van der Waals surface area contributed by atoms with Gasteiger partial charge in [-0.25, -0.2) is 4.98 Å². The molecule has 0 bridgehead atoms. The fourth-order valence-corrected chi connectivity index (χ4v) is 3.10. The van der Waals surface area contributed by atoms with Crippen molar-refractivity contribution in [3.05, 3.63) is 6.20 Å². The summed E-state index contributed by atoms with van der Waals surface area (Å²) in [7, 11) is 0. The van der Waals surface area contributed by atoms with Crippen molar-refractivity contribution in [3.63, 3.8) is 0 Å².